The summed E-state index contributed by atoms with van der Waals surface area (Å²) in [5.41, 5.74) is 1.51. The molecule has 0 saturated carbocycles. The monoisotopic (exact) mass is 385 g/mol. The number of anilines is 1. The summed E-state index contributed by atoms with van der Waals surface area (Å²) in [6, 6.07) is 13.6. The van der Waals surface area contributed by atoms with E-state index in [1.165, 1.54) is 0 Å². The van der Waals surface area contributed by atoms with Crippen LogP contribution >= 0.6 is 23.2 Å². The fourth-order valence-electron chi connectivity index (χ4n) is 3.11. The van der Waals surface area contributed by atoms with Gasteiger partial charge in [0.05, 0.1) is 12.3 Å². The summed E-state index contributed by atoms with van der Waals surface area (Å²) >= 11 is 11.9. The van der Waals surface area contributed by atoms with Gasteiger partial charge in [-0.3, -0.25) is 9.02 Å². The van der Waals surface area contributed by atoms with Gasteiger partial charge in [0.1, 0.15) is 17.4 Å². The van der Waals surface area contributed by atoms with E-state index in [1.54, 1.807) is 53.6 Å². The molecule has 0 unspecified atom stereocenters. The number of hydrogen-bond donors (Lipinski definition) is 0. The molecule has 2 aliphatic heterocycles. The molecule has 2 aromatic rings. The van der Waals surface area contributed by atoms with Gasteiger partial charge in [0, 0.05) is 10.0 Å². The summed E-state index contributed by atoms with van der Waals surface area (Å²) in [4.78, 5) is 5.90. The van der Waals surface area contributed by atoms with Crippen molar-refractivity contribution in [3.05, 3.63) is 64.1 Å². The first-order chi connectivity index (χ1) is 11.5. The summed E-state index contributed by atoms with van der Waals surface area (Å²) < 4.78 is 29.7. The van der Waals surface area contributed by atoms with Crippen molar-refractivity contribution in [2.75, 3.05) is 11.7 Å². The van der Waals surface area contributed by atoms with Crippen molar-refractivity contribution in [1.29, 1.82) is 0 Å². The average molecular weight is 386 g/mol. The van der Waals surface area contributed by atoms with Gasteiger partial charge in [0.15, 0.2) is 0 Å². The summed E-state index contributed by atoms with van der Waals surface area (Å²) in [6.45, 7) is 0.0151. The maximum Gasteiger partial charge on any atom is 0.275 e. The van der Waals surface area contributed by atoms with E-state index >= 15 is 0 Å². The van der Waals surface area contributed by atoms with Gasteiger partial charge in [-0.25, -0.2) is 5.06 Å². The molecule has 0 spiro atoms. The van der Waals surface area contributed by atoms with Gasteiger partial charge in [-0.05, 0) is 42.0 Å². The Kier molecular flexibility index (Phi) is 3.97. The Bertz CT molecular complexity index is 855. The molecule has 126 valence electrons. The number of hydrogen-bond acceptors (Lipinski definition) is 5. The zero-order valence-electron chi connectivity index (χ0n) is 12.3. The highest BCUT2D eigenvalue weighted by molar-refractivity contribution is 7.87. The molecule has 2 heterocycles. The molecule has 2 fully saturated rings. The Balaban J connectivity index is 1.81. The quantitative estimate of drug-likeness (QED) is 0.739. The lowest BCUT2D eigenvalue weighted by Crippen LogP contribution is -2.31. The van der Waals surface area contributed by atoms with Crippen molar-refractivity contribution in [2.45, 2.75) is 17.4 Å². The fraction of sp³-hybridized carbons (Fsp3) is 0.250. The highest BCUT2D eigenvalue weighted by Crippen LogP contribution is 2.45. The number of rotatable bonds is 2. The number of fused-ring (bicyclic) bond motifs is 1. The molecule has 0 aliphatic carbocycles. The molecule has 0 N–H and O–H groups in total. The van der Waals surface area contributed by atoms with Crippen LogP contribution in [0.3, 0.4) is 0 Å². The Hall–Kier alpha value is -1.31. The minimum atomic E-state index is -3.71. The molecule has 2 saturated heterocycles. The lowest BCUT2D eigenvalue weighted by atomic mass is 10.0. The van der Waals surface area contributed by atoms with E-state index < -0.39 is 27.5 Å². The van der Waals surface area contributed by atoms with E-state index in [-0.39, 0.29) is 6.61 Å². The van der Waals surface area contributed by atoms with E-state index in [4.69, 9.17) is 32.2 Å². The van der Waals surface area contributed by atoms with Gasteiger partial charge < -0.3 is 0 Å². The van der Waals surface area contributed by atoms with Crippen molar-refractivity contribution < 1.29 is 17.4 Å². The zero-order valence-corrected chi connectivity index (χ0v) is 14.6. The van der Waals surface area contributed by atoms with Crippen LogP contribution in [0.1, 0.15) is 11.6 Å². The first kappa shape index (κ1) is 16.2. The average Bonchev–Trinajstić information content (AvgIpc) is 3.07. The van der Waals surface area contributed by atoms with E-state index in [0.29, 0.717) is 10.0 Å². The van der Waals surface area contributed by atoms with Crippen molar-refractivity contribution >= 4 is 39.0 Å². The summed E-state index contributed by atoms with van der Waals surface area (Å²) in [7, 11) is -3.71. The van der Waals surface area contributed by atoms with Crippen LogP contribution in [-0.4, -0.2) is 26.4 Å². The number of benzene rings is 2. The lowest BCUT2D eigenvalue weighted by Gasteiger charge is -2.27. The normalized spacial score (nSPS) is 28.1. The molecule has 3 atom stereocenters. The highest BCUT2D eigenvalue weighted by atomic mass is 35.5. The second-order valence-electron chi connectivity index (χ2n) is 5.68. The molecule has 0 aromatic heterocycles. The molecule has 0 radical (unpaired) electrons. The molecule has 2 aromatic carbocycles. The van der Waals surface area contributed by atoms with Gasteiger partial charge in [0.25, 0.3) is 10.1 Å². The standard InChI is InChI=1S/C16H13Cl2NO4S/c17-11-3-1-10(2-4-11)15-16-14(9-22-24(16,20)21)23-19(15)13-7-5-12(18)6-8-13/h1-8,14-16H,9H2/t14-,15+,16+/m1/s1. The topological polar surface area (TPSA) is 55.8 Å². The van der Waals surface area contributed by atoms with E-state index in [1.807, 2.05) is 0 Å². The van der Waals surface area contributed by atoms with Crippen LogP contribution in [0, 0.1) is 0 Å². The summed E-state index contributed by atoms with van der Waals surface area (Å²) in [5.74, 6) is 0. The minimum Gasteiger partial charge on any atom is -0.267 e. The van der Waals surface area contributed by atoms with Gasteiger partial charge >= 0.3 is 0 Å². The van der Waals surface area contributed by atoms with E-state index in [9.17, 15) is 8.42 Å². The van der Waals surface area contributed by atoms with Gasteiger partial charge in [0.2, 0.25) is 0 Å². The Morgan fingerprint density at radius 2 is 1.54 bits per heavy atom. The largest absolute Gasteiger partial charge is 0.275 e. The molecule has 24 heavy (non-hydrogen) atoms. The Labute approximate surface area is 149 Å². The van der Waals surface area contributed by atoms with E-state index in [2.05, 4.69) is 0 Å². The summed E-state index contributed by atoms with van der Waals surface area (Å²) in [6.07, 6.45) is -0.550. The third kappa shape index (κ3) is 2.68. The van der Waals surface area contributed by atoms with Crippen molar-refractivity contribution in [2.24, 2.45) is 0 Å². The zero-order chi connectivity index (χ0) is 16.9. The van der Waals surface area contributed by atoms with Gasteiger partial charge in [-0.1, -0.05) is 35.3 Å². The van der Waals surface area contributed by atoms with Crippen LogP contribution in [0.25, 0.3) is 0 Å². The first-order valence-electron chi connectivity index (χ1n) is 7.31. The van der Waals surface area contributed by atoms with Crippen LogP contribution in [0.4, 0.5) is 5.69 Å². The van der Waals surface area contributed by atoms with Crippen LogP contribution in [-0.2, 0) is 19.1 Å². The maximum atomic E-state index is 12.3. The van der Waals surface area contributed by atoms with E-state index in [0.717, 1.165) is 11.3 Å². The highest BCUT2D eigenvalue weighted by Gasteiger charge is 2.56. The predicted molar refractivity (Wildman–Crippen MR) is 91.7 cm³/mol. The molecule has 4 rings (SSSR count). The summed E-state index contributed by atoms with van der Waals surface area (Å²) in [5, 5.41) is 2.00. The Morgan fingerprint density at radius 3 is 2.17 bits per heavy atom. The van der Waals surface area contributed by atoms with Crippen LogP contribution in [0.2, 0.25) is 10.0 Å². The second kappa shape index (κ2) is 5.89. The minimum absolute atomic E-state index is 0.0151. The third-order valence-electron chi connectivity index (χ3n) is 4.20. The first-order valence-corrected chi connectivity index (χ1v) is 9.54. The third-order valence-corrected chi connectivity index (χ3v) is 6.40. The molecular formula is C16H13Cl2NO4S. The van der Waals surface area contributed by atoms with Crippen LogP contribution in [0.15, 0.2) is 48.5 Å². The number of nitrogens with zero attached hydrogens (tertiary/aromatic N) is 1. The number of halogens is 2. The SMILES string of the molecule is O=S1(=O)OC[C@H]2ON(c3ccc(Cl)cc3)[C@@H](c3ccc(Cl)cc3)[C@H]21. The number of hydroxylamine groups is 1. The molecular weight excluding hydrogens is 373 g/mol. The van der Waals surface area contributed by atoms with Crippen molar-refractivity contribution in [3.63, 3.8) is 0 Å². The predicted octanol–water partition coefficient (Wildman–Crippen LogP) is 3.58. The van der Waals surface area contributed by atoms with Gasteiger partial charge in [-0.2, -0.15) is 8.42 Å². The van der Waals surface area contributed by atoms with Crippen LogP contribution < -0.4 is 5.06 Å². The lowest BCUT2D eigenvalue weighted by molar-refractivity contribution is 0.0640. The fourth-order valence-corrected chi connectivity index (χ4v) is 4.93. The van der Waals surface area contributed by atoms with Gasteiger partial charge in [-0.15, -0.1) is 0 Å². The second-order valence-corrected chi connectivity index (χ2v) is 8.32. The molecule has 0 amide bonds. The molecule has 0 bridgehead atoms. The maximum absolute atomic E-state index is 12.3. The molecule has 2 aliphatic rings. The molecule has 8 heteroatoms. The smallest absolute Gasteiger partial charge is 0.267 e. The Morgan fingerprint density at radius 1 is 0.958 bits per heavy atom. The van der Waals surface area contributed by atoms with Crippen molar-refractivity contribution in [1.82, 2.24) is 0 Å². The van der Waals surface area contributed by atoms with Crippen molar-refractivity contribution in [3.8, 4) is 0 Å². The molecule has 5 nitrogen and oxygen atoms in total. The van der Waals surface area contributed by atoms with Crippen LogP contribution in [0.5, 0.6) is 0 Å².